The molecule has 1 aromatic rings. The Bertz CT molecular complexity index is 220. The third kappa shape index (κ3) is 2.29. The van der Waals surface area contributed by atoms with Gasteiger partial charge in [-0.15, -0.1) is 4.55 Å². The van der Waals surface area contributed by atoms with Crippen LogP contribution in [0.25, 0.3) is 0 Å². The quantitative estimate of drug-likeness (QED) is 0.633. The van der Waals surface area contributed by atoms with Gasteiger partial charge in [0.1, 0.15) is 0 Å². The third-order valence-corrected chi connectivity index (χ3v) is 1.70. The van der Waals surface area contributed by atoms with Crippen LogP contribution in [-0.4, -0.2) is 4.21 Å². The number of hydrogen-bond donors (Lipinski definition) is 0. The largest absolute Gasteiger partial charge is 0.227 e. The second kappa shape index (κ2) is 3.49. The van der Waals surface area contributed by atoms with Gasteiger partial charge in [-0.05, 0) is 5.56 Å². The van der Waals surface area contributed by atoms with Crippen molar-refractivity contribution < 1.29 is 8.76 Å². The van der Waals surface area contributed by atoms with Crippen LogP contribution in [0.4, 0.5) is 0 Å². The molecule has 0 heterocycles. The topological polar surface area (TPSA) is 37.0 Å². The van der Waals surface area contributed by atoms with E-state index in [1.807, 2.05) is 18.2 Å². The van der Waals surface area contributed by atoms with Gasteiger partial charge < -0.3 is 0 Å². The zero-order valence-corrected chi connectivity index (χ0v) is 6.14. The van der Waals surface area contributed by atoms with E-state index in [1.165, 1.54) is 0 Å². The molecule has 0 N–H and O–H groups in total. The van der Waals surface area contributed by atoms with E-state index in [0.717, 1.165) is 5.56 Å². The van der Waals surface area contributed by atoms with Crippen LogP contribution in [0.5, 0.6) is 0 Å². The fraction of sp³-hybridized carbons (Fsp3) is 0.143. The molecular formula is C7H7O2S. The Morgan fingerprint density at radius 2 is 1.80 bits per heavy atom. The first-order valence-corrected chi connectivity index (χ1v) is 4.13. The predicted molar refractivity (Wildman–Crippen MR) is 39.0 cm³/mol. The van der Waals surface area contributed by atoms with E-state index < -0.39 is 11.1 Å². The lowest BCUT2D eigenvalue weighted by Gasteiger charge is -1.92. The monoisotopic (exact) mass is 155 g/mol. The lowest BCUT2D eigenvalue weighted by atomic mass is 10.2. The molecule has 1 unspecified atom stereocenters. The molecular weight excluding hydrogens is 148 g/mol. The number of hydrogen-bond acceptors (Lipinski definition) is 1. The van der Waals surface area contributed by atoms with Gasteiger partial charge in [-0.2, -0.15) is 0 Å². The minimum atomic E-state index is -1.97. The van der Waals surface area contributed by atoms with Crippen LogP contribution in [0.1, 0.15) is 5.56 Å². The molecule has 0 aliphatic rings. The molecule has 0 fully saturated rings. The van der Waals surface area contributed by atoms with Crippen LogP contribution in [-0.2, 0) is 21.4 Å². The molecule has 3 heteroatoms. The van der Waals surface area contributed by atoms with E-state index >= 15 is 0 Å². The molecule has 1 radical (unpaired) electrons. The minimum Gasteiger partial charge on any atom is -0.227 e. The van der Waals surface area contributed by atoms with Crippen molar-refractivity contribution in [2.75, 3.05) is 0 Å². The maximum absolute atomic E-state index is 10.2. The molecule has 0 aliphatic carbocycles. The van der Waals surface area contributed by atoms with Crippen LogP contribution in [0, 0.1) is 0 Å². The maximum Gasteiger partial charge on any atom is 0.193 e. The van der Waals surface area contributed by atoms with Crippen LogP contribution in [0.2, 0.25) is 0 Å². The first-order valence-electron chi connectivity index (χ1n) is 2.89. The SMILES string of the molecule is [O]S(=O)Cc1ccccc1. The Balaban J connectivity index is 2.67. The van der Waals surface area contributed by atoms with E-state index in [0.29, 0.717) is 0 Å². The van der Waals surface area contributed by atoms with Gasteiger partial charge in [0.15, 0.2) is 11.1 Å². The molecule has 0 spiro atoms. The van der Waals surface area contributed by atoms with Crippen molar-refractivity contribution in [3.05, 3.63) is 35.9 Å². The van der Waals surface area contributed by atoms with E-state index in [9.17, 15) is 8.76 Å². The summed E-state index contributed by atoms with van der Waals surface area (Å²) < 4.78 is 20.3. The van der Waals surface area contributed by atoms with Gasteiger partial charge in [0.05, 0.1) is 5.75 Å². The summed E-state index contributed by atoms with van der Waals surface area (Å²) in [4.78, 5) is 0. The van der Waals surface area contributed by atoms with Gasteiger partial charge in [0.25, 0.3) is 0 Å². The molecule has 0 aromatic heterocycles. The van der Waals surface area contributed by atoms with E-state index in [-0.39, 0.29) is 5.75 Å². The van der Waals surface area contributed by atoms with Gasteiger partial charge >= 0.3 is 0 Å². The molecule has 1 atom stereocenters. The molecule has 10 heavy (non-hydrogen) atoms. The third-order valence-electron chi connectivity index (χ3n) is 1.13. The van der Waals surface area contributed by atoms with Crippen LogP contribution >= 0.6 is 0 Å². The summed E-state index contributed by atoms with van der Waals surface area (Å²) in [5, 5.41) is 0. The highest BCUT2D eigenvalue weighted by Gasteiger charge is 1.95. The molecule has 53 valence electrons. The fourth-order valence-electron chi connectivity index (χ4n) is 0.710. The number of benzene rings is 1. The van der Waals surface area contributed by atoms with Gasteiger partial charge in [-0.3, -0.25) is 0 Å². The summed E-state index contributed by atoms with van der Waals surface area (Å²) in [6.07, 6.45) is 0. The van der Waals surface area contributed by atoms with E-state index in [2.05, 4.69) is 0 Å². The molecule has 1 rings (SSSR count). The molecule has 2 nitrogen and oxygen atoms in total. The second-order valence-electron chi connectivity index (χ2n) is 1.93. The smallest absolute Gasteiger partial charge is 0.193 e. The van der Waals surface area contributed by atoms with Gasteiger partial charge in [-0.25, -0.2) is 4.21 Å². The summed E-state index contributed by atoms with van der Waals surface area (Å²) in [5.74, 6) is 0.112. The zero-order valence-electron chi connectivity index (χ0n) is 5.32. The summed E-state index contributed by atoms with van der Waals surface area (Å²) in [6.45, 7) is 0. The van der Waals surface area contributed by atoms with Crippen LogP contribution < -0.4 is 0 Å². The van der Waals surface area contributed by atoms with Crippen molar-refractivity contribution in [2.45, 2.75) is 5.75 Å². The van der Waals surface area contributed by atoms with Gasteiger partial charge in [0, 0.05) is 0 Å². The van der Waals surface area contributed by atoms with Crippen molar-refractivity contribution in [1.29, 1.82) is 0 Å². The van der Waals surface area contributed by atoms with Crippen molar-refractivity contribution in [1.82, 2.24) is 0 Å². The van der Waals surface area contributed by atoms with Gasteiger partial charge in [0.2, 0.25) is 0 Å². The Morgan fingerprint density at radius 1 is 1.20 bits per heavy atom. The Kier molecular flexibility index (Phi) is 2.59. The molecule has 0 bridgehead atoms. The van der Waals surface area contributed by atoms with Crippen molar-refractivity contribution in [3.8, 4) is 0 Å². The summed E-state index contributed by atoms with van der Waals surface area (Å²) >= 11 is -1.97. The molecule has 0 saturated carbocycles. The first kappa shape index (κ1) is 7.44. The molecule has 0 saturated heterocycles. The van der Waals surface area contributed by atoms with Crippen LogP contribution in [0.15, 0.2) is 30.3 Å². The van der Waals surface area contributed by atoms with Crippen molar-refractivity contribution in [3.63, 3.8) is 0 Å². The van der Waals surface area contributed by atoms with Gasteiger partial charge in [-0.1, -0.05) is 30.3 Å². The Morgan fingerprint density at radius 3 is 2.30 bits per heavy atom. The summed E-state index contributed by atoms with van der Waals surface area (Å²) in [7, 11) is 0. The number of rotatable bonds is 2. The van der Waals surface area contributed by atoms with E-state index in [1.54, 1.807) is 12.1 Å². The lowest BCUT2D eigenvalue weighted by molar-refractivity contribution is 0.472. The summed E-state index contributed by atoms with van der Waals surface area (Å²) in [5.41, 5.74) is 0.829. The Hall–Kier alpha value is -0.670. The minimum absolute atomic E-state index is 0.112. The van der Waals surface area contributed by atoms with E-state index in [4.69, 9.17) is 0 Å². The highest BCUT2D eigenvalue weighted by Crippen LogP contribution is 2.00. The second-order valence-corrected chi connectivity index (χ2v) is 2.83. The zero-order chi connectivity index (χ0) is 7.40. The lowest BCUT2D eigenvalue weighted by Crippen LogP contribution is -1.89. The highest BCUT2D eigenvalue weighted by atomic mass is 32.2. The fourth-order valence-corrected chi connectivity index (χ4v) is 1.17. The average molecular weight is 155 g/mol. The van der Waals surface area contributed by atoms with Crippen LogP contribution in [0.3, 0.4) is 0 Å². The molecule has 0 aliphatic heterocycles. The maximum atomic E-state index is 10.2. The predicted octanol–water partition coefficient (Wildman–Crippen LogP) is 1.28. The van der Waals surface area contributed by atoms with Crippen molar-refractivity contribution >= 4 is 11.1 Å². The molecule has 0 amide bonds. The Labute approximate surface area is 62.2 Å². The highest BCUT2D eigenvalue weighted by molar-refractivity contribution is 7.78. The average Bonchev–Trinajstić information content (AvgIpc) is 1.88. The van der Waals surface area contributed by atoms with Crippen molar-refractivity contribution in [2.24, 2.45) is 0 Å². The first-order chi connectivity index (χ1) is 4.79. The summed E-state index contributed by atoms with van der Waals surface area (Å²) in [6, 6.07) is 9.08. The normalized spacial score (nSPS) is 12.9. The molecule has 1 aromatic carbocycles. The standard InChI is InChI=1S/C7H7O2S/c8-10(9)6-7-4-2-1-3-5-7/h1-5H,6H2.